The van der Waals surface area contributed by atoms with Crippen LogP contribution >= 0.6 is 11.6 Å². The van der Waals surface area contributed by atoms with Gasteiger partial charge >= 0.3 is 0 Å². The molecule has 0 bridgehead atoms. The number of hydrogen-bond acceptors (Lipinski definition) is 4. The Hall–Kier alpha value is -3.36. The Balaban J connectivity index is 2.08. The lowest BCUT2D eigenvalue weighted by molar-refractivity contribution is -0.141. The maximum Gasteiger partial charge on any atom is 0.264 e. The summed E-state index contributed by atoms with van der Waals surface area (Å²) in [5.74, 6) is -0.782. The van der Waals surface area contributed by atoms with Crippen molar-refractivity contribution < 1.29 is 18.0 Å². The van der Waals surface area contributed by atoms with Crippen molar-refractivity contribution in [3.8, 4) is 0 Å². The molecule has 2 amide bonds. The van der Waals surface area contributed by atoms with Crippen molar-refractivity contribution in [2.75, 3.05) is 10.8 Å². The predicted octanol–water partition coefficient (Wildman–Crippen LogP) is 5.87. The lowest BCUT2D eigenvalue weighted by Gasteiger charge is -2.35. The number of nitrogens with zero attached hydrogens (tertiary/aromatic N) is 2. The number of carbonyl (C=O) groups excluding carboxylic acids is 2. The van der Waals surface area contributed by atoms with E-state index in [0.29, 0.717) is 17.1 Å². The van der Waals surface area contributed by atoms with Gasteiger partial charge < -0.3 is 10.2 Å². The first-order valence-electron chi connectivity index (χ1n) is 13.2. The van der Waals surface area contributed by atoms with Gasteiger partial charge in [-0.15, -0.1) is 0 Å². The zero-order valence-corrected chi connectivity index (χ0v) is 25.5. The van der Waals surface area contributed by atoms with Gasteiger partial charge in [0.05, 0.1) is 10.6 Å². The number of nitrogens with one attached hydrogen (secondary N) is 1. The summed E-state index contributed by atoms with van der Waals surface area (Å²) in [5, 5.41) is 3.38. The van der Waals surface area contributed by atoms with Crippen molar-refractivity contribution in [2.24, 2.45) is 0 Å². The van der Waals surface area contributed by atoms with Crippen LogP contribution < -0.4 is 9.62 Å². The van der Waals surface area contributed by atoms with Gasteiger partial charge in [-0.1, -0.05) is 60.5 Å². The van der Waals surface area contributed by atoms with E-state index in [9.17, 15) is 18.0 Å². The van der Waals surface area contributed by atoms with Gasteiger partial charge in [-0.05, 0) is 88.6 Å². The Kier molecular flexibility index (Phi) is 10.0. The SMILES string of the molecule is CCC(C(=O)NC(C)(C)C)N(Cc1cccc(C)c1)C(=O)CN(c1cccc(C)c1)S(=O)(=O)c1ccc(Cl)cc1. The molecule has 3 aromatic rings. The van der Waals surface area contributed by atoms with Crippen LogP contribution in [0.2, 0.25) is 5.02 Å². The summed E-state index contributed by atoms with van der Waals surface area (Å²) in [6.45, 7) is 10.9. The van der Waals surface area contributed by atoms with Crippen LogP contribution in [0.25, 0.3) is 0 Å². The van der Waals surface area contributed by atoms with E-state index in [1.165, 1.54) is 29.2 Å². The first-order valence-corrected chi connectivity index (χ1v) is 15.0. The van der Waals surface area contributed by atoms with Crippen LogP contribution in [-0.4, -0.2) is 43.3 Å². The minimum absolute atomic E-state index is 0.00829. The van der Waals surface area contributed by atoms with Gasteiger partial charge in [0.15, 0.2) is 0 Å². The monoisotopic (exact) mass is 583 g/mol. The number of aryl methyl sites for hydroxylation is 2. The van der Waals surface area contributed by atoms with E-state index in [1.54, 1.807) is 18.2 Å². The number of amides is 2. The Morgan fingerprint density at radius 2 is 1.52 bits per heavy atom. The molecule has 0 saturated carbocycles. The van der Waals surface area contributed by atoms with Gasteiger partial charge in [0.25, 0.3) is 10.0 Å². The maximum absolute atomic E-state index is 14.1. The van der Waals surface area contributed by atoms with Crippen molar-refractivity contribution in [2.45, 2.75) is 71.0 Å². The second kappa shape index (κ2) is 12.9. The summed E-state index contributed by atoms with van der Waals surface area (Å²) < 4.78 is 28.9. The van der Waals surface area contributed by atoms with Crippen LogP contribution in [0.4, 0.5) is 5.69 Å². The zero-order valence-electron chi connectivity index (χ0n) is 23.9. The highest BCUT2D eigenvalue weighted by atomic mass is 35.5. The number of sulfonamides is 1. The summed E-state index contributed by atoms with van der Waals surface area (Å²) in [6, 6.07) is 19.7. The van der Waals surface area contributed by atoms with Crippen LogP contribution in [0, 0.1) is 13.8 Å². The molecule has 0 aliphatic heterocycles. The number of benzene rings is 3. The molecule has 1 atom stereocenters. The topological polar surface area (TPSA) is 86.8 Å². The molecule has 0 spiro atoms. The molecule has 9 heteroatoms. The molecule has 1 N–H and O–H groups in total. The van der Waals surface area contributed by atoms with Gasteiger partial charge in [0.1, 0.15) is 12.6 Å². The highest BCUT2D eigenvalue weighted by molar-refractivity contribution is 7.92. The van der Waals surface area contributed by atoms with Crippen LogP contribution in [0.15, 0.2) is 77.7 Å². The van der Waals surface area contributed by atoms with E-state index in [0.717, 1.165) is 21.0 Å². The third-order valence-electron chi connectivity index (χ3n) is 6.29. The Morgan fingerprint density at radius 3 is 2.08 bits per heavy atom. The van der Waals surface area contributed by atoms with Crippen LogP contribution in [0.3, 0.4) is 0 Å². The number of anilines is 1. The van der Waals surface area contributed by atoms with Gasteiger partial charge in [-0.3, -0.25) is 13.9 Å². The summed E-state index contributed by atoms with van der Waals surface area (Å²) >= 11 is 6.01. The summed E-state index contributed by atoms with van der Waals surface area (Å²) in [6.07, 6.45) is 0.355. The molecule has 0 aliphatic rings. The Labute approximate surface area is 243 Å². The van der Waals surface area contributed by atoms with Crippen molar-refractivity contribution in [1.29, 1.82) is 0 Å². The van der Waals surface area contributed by atoms with E-state index >= 15 is 0 Å². The largest absolute Gasteiger partial charge is 0.350 e. The van der Waals surface area contributed by atoms with Crippen molar-refractivity contribution in [1.82, 2.24) is 10.2 Å². The minimum Gasteiger partial charge on any atom is -0.350 e. The van der Waals surface area contributed by atoms with Crippen LogP contribution in [-0.2, 0) is 26.2 Å². The fourth-order valence-electron chi connectivity index (χ4n) is 4.43. The van der Waals surface area contributed by atoms with Gasteiger partial charge in [-0.2, -0.15) is 0 Å². The average molecular weight is 584 g/mol. The molecular weight excluding hydrogens is 546 g/mol. The second-order valence-electron chi connectivity index (χ2n) is 11.0. The highest BCUT2D eigenvalue weighted by Gasteiger charge is 2.34. The number of hydrogen-bond donors (Lipinski definition) is 1. The third kappa shape index (κ3) is 8.08. The quantitative estimate of drug-likeness (QED) is 0.323. The molecule has 0 aliphatic carbocycles. The van der Waals surface area contributed by atoms with E-state index in [1.807, 2.05) is 71.9 Å². The van der Waals surface area contributed by atoms with Crippen molar-refractivity contribution in [3.05, 3.63) is 94.5 Å². The van der Waals surface area contributed by atoms with E-state index in [-0.39, 0.29) is 17.3 Å². The van der Waals surface area contributed by atoms with Crippen LogP contribution in [0.5, 0.6) is 0 Å². The molecule has 3 rings (SSSR count). The minimum atomic E-state index is -4.15. The Morgan fingerprint density at radius 1 is 0.925 bits per heavy atom. The molecule has 0 radical (unpaired) electrons. The number of halogens is 1. The molecule has 40 heavy (non-hydrogen) atoms. The lowest BCUT2D eigenvalue weighted by atomic mass is 10.0. The van der Waals surface area contributed by atoms with Crippen LogP contribution in [0.1, 0.15) is 50.8 Å². The normalized spacial score (nSPS) is 12.5. The van der Waals surface area contributed by atoms with Crippen molar-refractivity contribution in [3.63, 3.8) is 0 Å². The van der Waals surface area contributed by atoms with E-state index < -0.39 is 34.1 Å². The average Bonchev–Trinajstić information content (AvgIpc) is 2.86. The molecular formula is C31H38ClN3O4S. The maximum atomic E-state index is 14.1. The summed E-state index contributed by atoms with van der Waals surface area (Å²) in [4.78, 5) is 29.0. The fraction of sp³-hybridized carbons (Fsp3) is 0.355. The zero-order chi connectivity index (χ0) is 29.7. The molecule has 0 fully saturated rings. The first-order chi connectivity index (χ1) is 18.7. The molecule has 0 saturated heterocycles. The third-order valence-corrected chi connectivity index (χ3v) is 8.33. The highest BCUT2D eigenvalue weighted by Crippen LogP contribution is 2.26. The molecule has 214 valence electrons. The van der Waals surface area contributed by atoms with Gasteiger partial charge in [0, 0.05) is 17.1 Å². The van der Waals surface area contributed by atoms with E-state index in [4.69, 9.17) is 11.6 Å². The molecule has 0 heterocycles. The molecule has 3 aromatic carbocycles. The molecule has 1 unspecified atom stereocenters. The number of rotatable bonds is 10. The number of carbonyl (C=O) groups is 2. The second-order valence-corrected chi connectivity index (χ2v) is 13.3. The smallest absolute Gasteiger partial charge is 0.264 e. The predicted molar refractivity (Wildman–Crippen MR) is 161 cm³/mol. The standard InChI is InChI=1S/C31H38ClN3O4S/c1-7-28(30(37)33-31(4,5)6)34(20-24-12-8-10-22(2)18-24)29(36)21-35(26-13-9-11-23(3)19-26)40(38,39)27-16-14-25(32)15-17-27/h8-19,28H,7,20-21H2,1-6H3,(H,33,37). The Bertz CT molecular complexity index is 1450. The molecule has 0 aromatic heterocycles. The fourth-order valence-corrected chi connectivity index (χ4v) is 5.96. The molecule has 7 nitrogen and oxygen atoms in total. The summed E-state index contributed by atoms with van der Waals surface area (Å²) in [5.41, 5.74) is 2.55. The van der Waals surface area contributed by atoms with E-state index in [2.05, 4.69) is 5.32 Å². The first kappa shape index (κ1) is 31.2. The van der Waals surface area contributed by atoms with Gasteiger partial charge in [-0.25, -0.2) is 8.42 Å². The van der Waals surface area contributed by atoms with Gasteiger partial charge in [0.2, 0.25) is 11.8 Å². The van der Waals surface area contributed by atoms with Crippen molar-refractivity contribution >= 4 is 39.1 Å². The lowest BCUT2D eigenvalue weighted by Crippen LogP contribution is -2.55. The summed E-state index contributed by atoms with van der Waals surface area (Å²) in [7, 11) is -4.15.